The SMILES string of the molecule is CCN(C)C(=O)c1cc(F)cc(N(C=O)CCO[C@@H](C)[C@@H](OC(C)=O)C(=O)OC(C)(C)C)c1. The van der Waals surface area contributed by atoms with Crippen LogP contribution >= 0.6 is 0 Å². The van der Waals surface area contributed by atoms with E-state index in [1.165, 1.54) is 22.8 Å². The molecule has 184 valence electrons. The van der Waals surface area contributed by atoms with Crippen LogP contribution < -0.4 is 4.90 Å². The molecule has 2 amide bonds. The Hall–Kier alpha value is -3.01. The van der Waals surface area contributed by atoms with Gasteiger partial charge in [0.05, 0.1) is 6.61 Å². The predicted octanol–water partition coefficient (Wildman–Crippen LogP) is 2.56. The van der Waals surface area contributed by atoms with Crippen LogP contribution in [0.1, 0.15) is 51.9 Å². The van der Waals surface area contributed by atoms with E-state index in [-0.39, 0.29) is 30.3 Å². The van der Waals surface area contributed by atoms with Gasteiger partial charge in [-0.3, -0.25) is 14.4 Å². The highest BCUT2D eigenvalue weighted by molar-refractivity contribution is 5.95. The van der Waals surface area contributed by atoms with Crippen LogP contribution in [0.2, 0.25) is 0 Å². The second-order valence-electron chi connectivity index (χ2n) is 8.46. The highest BCUT2D eigenvalue weighted by Gasteiger charge is 2.33. The minimum atomic E-state index is -1.30. The first-order chi connectivity index (χ1) is 15.3. The normalized spacial score (nSPS) is 13.0. The number of hydrogen-bond donors (Lipinski definition) is 0. The van der Waals surface area contributed by atoms with E-state index in [0.29, 0.717) is 13.0 Å². The third kappa shape index (κ3) is 9.17. The summed E-state index contributed by atoms with van der Waals surface area (Å²) < 4.78 is 30.1. The first kappa shape index (κ1) is 28.0. The van der Waals surface area contributed by atoms with Crippen LogP contribution in [0.3, 0.4) is 0 Å². The molecule has 0 aromatic heterocycles. The van der Waals surface area contributed by atoms with E-state index in [2.05, 4.69) is 0 Å². The fourth-order valence-corrected chi connectivity index (χ4v) is 2.77. The second-order valence-corrected chi connectivity index (χ2v) is 8.46. The van der Waals surface area contributed by atoms with Gasteiger partial charge in [-0.25, -0.2) is 9.18 Å². The lowest BCUT2D eigenvalue weighted by Gasteiger charge is -2.27. The van der Waals surface area contributed by atoms with E-state index < -0.39 is 35.6 Å². The number of nitrogens with zero attached hydrogens (tertiary/aromatic N) is 2. The molecule has 33 heavy (non-hydrogen) atoms. The zero-order chi connectivity index (χ0) is 25.3. The van der Waals surface area contributed by atoms with Gasteiger partial charge in [0, 0.05) is 38.3 Å². The summed E-state index contributed by atoms with van der Waals surface area (Å²) in [5.74, 6) is -2.48. The van der Waals surface area contributed by atoms with Gasteiger partial charge >= 0.3 is 11.9 Å². The molecule has 0 saturated heterocycles. The molecule has 0 aliphatic rings. The van der Waals surface area contributed by atoms with Gasteiger partial charge in [0.2, 0.25) is 12.5 Å². The van der Waals surface area contributed by atoms with Crippen LogP contribution in [-0.2, 0) is 28.6 Å². The largest absolute Gasteiger partial charge is 0.457 e. The van der Waals surface area contributed by atoms with E-state index in [1.807, 2.05) is 0 Å². The molecule has 2 atom stereocenters. The Morgan fingerprint density at radius 1 is 1.18 bits per heavy atom. The van der Waals surface area contributed by atoms with Gasteiger partial charge in [-0.05, 0) is 52.8 Å². The molecule has 0 unspecified atom stereocenters. The molecule has 1 rings (SSSR count). The van der Waals surface area contributed by atoms with Gasteiger partial charge in [-0.15, -0.1) is 0 Å². The number of ether oxygens (including phenoxy) is 3. The Labute approximate surface area is 193 Å². The lowest BCUT2D eigenvalue weighted by Crippen LogP contribution is -2.43. The van der Waals surface area contributed by atoms with E-state index in [1.54, 1.807) is 34.7 Å². The number of halogens is 1. The molecule has 0 aliphatic heterocycles. The van der Waals surface area contributed by atoms with Crippen molar-refractivity contribution in [2.24, 2.45) is 0 Å². The lowest BCUT2D eigenvalue weighted by molar-refractivity contribution is -0.184. The molecule has 0 radical (unpaired) electrons. The summed E-state index contributed by atoms with van der Waals surface area (Å²) in [4.78, 5) is 50.4. The molecule has 0 N–H and O–H groups in total. The molecular weight excluding hydrogens is 435 g/mol. The molecule has 0 heterocycles. The topological polar surface area (TPSA) is 102 Å². The van der Waals surface area contributed by atoms with Crippen molar-refractivity contribution in [3.63, 3.8) is 0 Å². The number of carbonyl (C=O) groups excluding carboxylic acids is 4. The minimum Gasteiger partial charge on any atom is -0.457 e. The predicted molar refractivity (Wildman–Crippen MR) is 119 cm³/mol. The van der Waals surface area contributed by atoms with Crippen molar-refractivity contribution in [3.8, 4) is 0 Å². The van der Waals surface area contributed by atoms with Crippen molar-refractivity contribution < 1.29 is 37.8 Å². The zero-order valence-corrected chi connectivity index (χ0v) is 20.2. The van der Waals surface area contributed by atoms with Crippen molar-refractivity contribution in [1.29, 1.82) is 0 Å². The third-order valence-corrected chi connectivity index (χ3v) is 4.48. The third-order valence-electron chi connectivity index (χ3n) is 4.48. The Kier molecular flexibility index (Phi) is 10.4. The van der Waals surface area contributed by atoms with Gasteiger partial charge in [0.1, 0.15) is 17.5 Å². The van der Waals surface area contributed by atoms with E-state index in [0.717, 1.165) is 19.1 Å². The summed E-state index contributed by atoms with van der Waals surface area (Å²) in [6.45, 7) is 9.90. The number of hydrogen-bond acceptors (Lipinski definition) is 7. The average Bonchev–Trinajstić information content (AvgIpc) is 2.71. The number of anilines is 1. The number of carbonyl (C=O) groups is 4. The summed E-state index contributed by atoms with van der Waals surface area (Å²) >= 11 is 0. The quantitative estimate of drug-likeness (QED) is 0.363. The molecule has 0 spiro atoms. The first-order valence-corrected chi connectivity index (χ1v) is 10.6. The van der Waals surface area contributed by atoms with Gasteiger partial charge in [0.15, 0.2) is 0 Å². The van der Waals surface area contributed by atoms with Gasteiger partial charge < -0.3 is 24.0 Å². The average molecular weight is 469 g/mol. The number of amides is 2. The molecule has 1 aromatic carbocycles. The molecule has 0 fully saturated rings. The highest BCUT2D eigenvalue weighted by atomic mass is 19.1. The maximum Gasteiger partial charge on any atom is 0.350 e. The van der Waals surface area contributed by atoms with Gasteiger partial charge in [-0.1, -0.05) is 0 Å². The Balaban J connectivity index is 2.89. The summed E-state index contributed by atoms with van der Waals surface area (Å²) in [6, 6.07) is 3.64. The zero-order valence-electron chi connectivity index (χ0n) is 20.2. The molecule has 0 saturated carbocycles. The highest BCUT2D eigenvalue weighted by Crippen LogP contribution is 2.19. The second kappa shape index (κ2) is 12.3. The van der Waals surface area contributed by atoms with Crippen LogP contribution in [0.4, 0.5) is 10.1 Å². The van der Waals surface area contributed by atoms with Crippen molar-refractivity contribution in [2.75, 3.05) is 31.6 Å². The smallest absolute Gasteiger partial charge is 0.350 e. The lowest BCUT2D eigenvalue weighted by atomic mass is 10.1. The van der Waals surface area contributed by atoms with E-state index >= 15 is 0 Å². The van der Waals surface area contributed by atoms with Crippen LogP contribution in [0.15, 0.2) is 18.2 Å². The molecule has 1 aromatic rings. The van der Waals surface area contributed by atoms with Crippen molar-refractivity contribution in [2.45, 2.75) is 59.4 Å². The fraction of sp³-hybridized carbons (Fsp3) is 0.565. The molecule has 10 heteroatoms. The molecule has 0 bridgehead atoms. The van der Waals surface area contributed by atoms with E-state index in [4.69, 9.17) is 14.2 Å². The minimum absolute atomic E-state index is 0.00431. The summed E-state index contributed by atoms with van der Waals surface area (Å²) in [5.41, 5.74) is -0.504. The Morgan fingerprint density at radius 3 is 2.33 bits per heavy atom. The Morgan fingerprint density at radius 2 is 1.82 bits per heavy atom. The fourth-order valence-electron chi connectivity index (χ4n) is 2.77. The van der Waals surface area contributed by atoms with Crippen LogP contribution in [-0.4, -0.2) is 73.7 Å². The van der Waals surface area contributed by atoms with Crippen molar-refractivity contribution in [3.05, 3.63) is 29.6 Å². The number of benzene rings is 1. The van der Waals surface area contributed by atoms with E-state index in [9.17, 15) is 23.6 Å². The summed E-state index contributed by atoms with van der Waals surface area (Å²) in [7, 11) is 1.59. The summed E-state index contributed by atoms with van der Waals surface area (Å²) in [6.07, 6.45) is -1.69. The molecule has 0 aliphatic carbocycles. The van der Waals surface area contributed by atoms with Crippen LogP contribution in [0, 0.1) is 5.82 Å². The molecular formula is C23H33FN2O7. The maximum atomic E-state index is 14.1. The monoisotopic (exact) mass is 468 g/mol. The van der Waals surface area contributed by atoms with Gasteiger partial charge in [-0.2, -0.15) is 0 Å². The van der Waals surface area contributed by atoms with Crippen LogP contribution in [0.5, 0.6) is 0 Å². The maximum absolute atomic E-state index is 14.1. The van der Waals surface area contributed by atoms with Gasteiger partial charge in [0.25, 0.3) is 5.91 Å². The summed E-state index contributed by atoms with van der Waals surface area (Å²) in [5, 5.41) is 0. The number of esters is 2. The van der Waals surface area contributed by atoms with Crippen LogP contribution in [0.25, 0.3) is 0 Å². The molecule has 9 nitrogen and oxygen atoms in total. The standard InChI is InChI=1S/C23H33FN2O7/c1-8-25(7)21(29)17-11-18(24)13-19(12-17)26(14-27)9-10-31-15(2)20(32-16(3)28)22(30)33-23(4,5)6/h11-15,20H,8-10H2,1-7H3/t15-,20+/m0/s1. The first-order valence-electron chi connectivity index (χ1n) is 10.6. The Bertz CT molecular complexity index is 854. The van der Waals surface area contributed by atoms with Crippen molar-refractivity contribution >= 4 is 29.9 Å². The number of rotatable bonds is 11. The van der Waals surface area contributed by atoms with Crippen molar-refractivity contribution in [1.82, 2.24) is 4.90 Å².